The molecule has 3 heterocycles. The third kappa shape index (κ3) is 3.93. The molecule has 1 saturated heterocycles. The van der Waals surface area contributed by atoms with Gasteiger partial charge in [-0.2, -0.15) is 0 Å². The van der Waals surface area contributed by atoms with Crippen LogP contribution in [0.3, 0.4) is 0 Å². The van der Waals surface area contributed by atoms with Gasteiger partial charge in [0.2, 0.25) is 10.0 Å². The molecule has 0 spiro atoms. The molecule has 2 aromatic carbocycles. The first-order valence-corrected chi connectivity index (χ1v) is 12.1. The molecule has 4 aromatic rings. The monoisotopic (exact) mass is 463 g/mol. The number of hydrogen-bond acceptors (Lipinski definition) is 7. The van der Waals surface area contributed by atoms with Crippen LogP contribution in [0.15, 0.2) is 54.9 Å². The molecule has 0 aliphatic carbocycles. The summed E-state index contributed by atoms with van der Waals surface area (Å²) in [5.74, 6) is -1.08. The van der Waals surface area contributed by atoms with Crippen LogP contribution in [-0.2, 0) is 16.6 Å². The zero-order chi connectivity index (χ0) is 23.0. The van der Waals surface area contributed by atoms with E-state index in [-0.39, 0.29) is 41.4 Å². The molecule has 0 radical (unpaired) electrons. The molecule has 0 bridgehead atoms. The van der Waals surface area contributed by atoms with Gasteiger partial charge in [0, 0.05) is 25.5 Å². The molecule has 33 heavy (non-hydrogen) atoms. The Hall–Kier alpha value is -3.79. The van der Waals surface area contributed by atoms with Crippen molar-refractivity contribution in [2.24, 2.45) is 0 Å². The zero-order valence-electron chi connectivity index (χ0n) is 17.6. The van der Waals surface area contributed by atoms with Crippen molar-refractivity contribution in [3.63, 3.8) is 0 Å². The van der Waals surface area contributed by atoms with Crippen molar-refractivity contribution < 1.29 is 18.3 Å². The normalized spacial score (nSPS) is 15.6. The van der Waals surface area contributed by atoms with E-state index in [1.165, 1.54) is 12.4 Å². The van der Waals surface area contributed by atoms with Crippen LogP contribution in [0, 0.1) is 0 Å². The minimum Gasteiger partial charge on any atom is -0.504 e. The van der Waals surface area contributed by atoms with Crippen molar-refractivity contribution in [3.8, 4) is 5.75 Å². The first-order chi connectivity index (χ1) is 15.9. The smallest absolute Gasteiger partial charge is 0.274 e. The number of rotatable bonds is 4. The van der Waals surface area contributed by atoms with E-state index in [1.54, 1.807) is 0 Å². The van der Waals surface area contributed by atoms with E-state index in [4.69, 9.17) is 0 Å². The van der Waals surface area contributed by atoms with Gasteiger partial charge in [-0.3, -0.25) is 9.10 Å². The third-order valence-corrected chi connectivity index (χ3v) is 7.48. The summed E-state index contributed by atoms with van der Waals surface area (Å²) in [5.41, 5.74) is 0.742. The highest BCUT2D eigenvalue weighted by Gasteiger charge is 2.31. The molecule has 2 aromatic heterocycles. The lowest BCUT2D eigenvalue weighted by atomic mass is 10.1. The SMILES string of the molecule is O=C(NCc1ccc2ccccc2c1)c1nc(N2CCCCS2(=O)=O)c2nccnc2c1O. The number of anilines is 1. The molecule has 0 unspecified atom stereocenters. The maximum atomic E-state index is 13.0. The quantitative estimate of drug-likeness (QED) is 0.477. The van der Waals surface area contributed by atoms with Crippen molar-refractivity contribution in [1.29, 1.82) is 0 Å². The van der Waals surface area contributed by atoms with Gasteiger partial charge in [0.15, 0.2) is 17.3 Å². The van der Waals surface area contributed by atoms with E-state index in [0.717, 1.165) is 20.6 Å². The molecule has 1 amide bonds. The highest BCUT2D eigenvalue weighted by molar-refractivity contribution is 7.92. The molecule has 2 N–H and O–H groups in total. The van der Waals surface area contributed by atoms with Gasteiger partial charge in [0.05, 0.1) is 5.75 Å². The van der Waals surface area contributed by atoms with Crippen LogP contribution in [0.1, 0.15) is 28.9 Å². The predicted octanol–water partition coefficient (Wildman–Crippen LogP) is 2.74. The number of amides is 1. The number of benzene rings is 2. The number of aromatic nitrogens is 3. The van der Waals surface area contributed by atoms with Crippen LogP contribution >= 0.6 is 0 Å². The summed E-state index contributed by atoms with van der Waals surface area (Å²) < 4.78 is 26.5. The van der Waals surface area contributed by atoms with Gasteiger partial charge < -0.3 is 10.4 Å². The Morgan fingerprint density at radius 3 is 2.58 bits per heavy atom. The van der Waals surface area contributed by atoms with Gasteiger partial charge in [-0.1, -0.05) is 36.4 Å². The number of pyridine rings is 1. The fourth-order valence-corrected chi connectivity index (χ4v) is 5.56. The molecular weight excluding hydrogens is 442 g/mol. The maximum absolute atomic E-state index is 13.0. The topological polar surface area (TPSA) is 125 Å². The second kappa shape index (κ2) is 8.28. The summed E-state index contributed by atoms with van der Waals surface area (Å²) in [4.78, 5) is 25.6. The number of carbonyl (C=O) groups excluding carboxylic acids is 1. The number of carbonyl (C=O) groups is 1. The molecule has 1 aliphatic heterocycles. The Labute approximate surface area is 190 Å². The maximum Gasteiger partial charge on any atom is 0.274 e. The molecule has 1 fully saturated rings. The first kappa shape index (κ1) is 21.1. The van der Waals surface area contributed by atoms with E-state index in [2.05, 4.69) is 20.3 Å². The van der Waals surface area contributed by atoms with E-state index in [9.17, 15) is 18.3 Å². The Balaban J connectivity index is 1.50. The second-order valence-electron chi connectivity index (χ2n) is 7.85. The number of aromatic hydroxyl groups is 1. The van der Waals surface area contributed by atoms with Crippen molar-refractivity contribution >= 4 is 43.6 Å². The van der Waals surface area contributed by atoms with Crippen molar-refractivity contribution in [1.82, 2.24) is 20.3 Å². The van der Waals surface area contributed by atoms with E-state index in [0.29, 0.717) is 12.8 Å². The first-order valence-electron chi connectivity index (χ1n) is 10.5. The van der Waals surface area contributed by atoms with Gasteiger partial charge in [-0.05, 0) is 35.2 Å². The summed E-state index contributed by atoms with van der Waals surface area (Å²) in [6, 6.07) is 13.7. The van der Waals surface area contributed by atoms with Crippen LogP contribution in [0.4, 0.5) is 5.82 Å². The van der Waals surface area contributed by atoms with E-state index >= 15 is 0 Å². The van der Waals surface area contributed by atoms with Crippen LogP contribution in [0.25, 0.3) is 21.8 Å². The second-order valence-corrected chi connectivity index (χ2v) is 9.86. The average molecular weight is 464 g/mol. The highest BCUT2D eigenvalue weighted by Crippen LogP contribution is 2.33. The Kier molecular flexibility index (Phi) is 5.29. The molecular formula is C23H21N5O4S. The van der Waals surface area contributed by atoms with Gasteiger partial charge >= 0.3 is 0 Å². The van der Waals surface area contributed by atoms with Crippen molar-refractivity contribution in [3.05, 3.63) is 66.1 Å². The fourth-order valence-electron chi connectivity index (χ4n) is 3.97. The lowest BCUT2D eigenvalue weighted by molar-refractivity contribution is 0.0943. The van der Waals surface area contributed by atoms with Crippen molar-refractivity contribution in [2.45, 2.75) is 19.4 Å². The van der Waals surface area contributed by atoms with E-state index < -0.39 is 21.7 Å². The lowest BCUT2D eigenvalue weighted by Crippen LogP contribution is -2.39. The van der Waals surface area contributed by atoms with Crippen molar-refractivity contribution in [2.75, 3.05) is 16.6 Å². The van der Waals surface area contributed by atoms with Gasteiger partial charge in [0.1, 0.15) is 11.0 Å². The fraction of sp³-hybridized carbons (Fsp3) is 0.217. The minimum atomic E-state index is -3.61. The summed E-state index contributed by atoms with van der Waals surface area (Å²) in [5, 5.41) is 15.6. The molecule has 9 nitrogen and oxygen atoms in total. The van der Waals surface area contributed by atoms with E-state index in [1.807, 2.05) is 42.5 Å². The van der Waals surface area contributed by atoms with Gasteiger partial charge in [-0.25, -0.2) is 23.4 Å². The Morgan fingerprint density at radius 2 is 1.79 bits per heavy atom. The minimum absolute atomic E-state index is 0.00598. The standard InChI is InChI=1S/C23H21N5O4S/c29-21-18-19(25-10-9-24-18)22(28-11-3-4-12-33(28,31)32)27-20(21)23(30)26-14-15-7-8-16-5-1-2-6-17(16)13-15/h1-2,5-10,13,29H,3-4,11-12,14H2,(H,26,30). The summed E-state index contributed by atoms with van der Waals surface area (Å²) in [7, 11) is -3.61. The average Bonchev–Trinajstić information content (AvgIpc) is 2.83. The van der Waals surface area contributed by atoms with Crippen LogP contribution < -0.4 is 9.62 Å². The molecule has 0 atom stereocenters. The lowest BCUT2D eigenvalue weighted by Gasteiger charge is -2.28. The predicted molar refractivity (Wildman–Crippen MR) is 124 cm³/mol. The zero-order valence-corrected chi connectivity index (χ0v) is 18.4. The number of hydrogen-bond donors (Lipinski definition) is 2. The highest BCUT2D eigenvalue weighted by atomic mass is 32.2. The Morgan fingerprint density at radius 1 is 1.03 bits per heavy atom. The summed E-state index contributed by atoms with van der Waals surface area (Å²) in [6.45, 7) is 0.435. The third-order valence-electron chi connectivity index (χ3n) is 5.64. The number of nitrogens with zero attached hydrogens (tertiary/aromatic N) is 4. The Bertz CT molecular complexity index is 1490. The molecule has 168 valence electrons. The molecule has 1 aliphatic rings. The molecule has 0 saturated carbocycles. The summed E-state index contributed by atoms with van der Waals surface area (Å²) >= 11 is 0. The van der Waals surface area contributed by atoms with Crippen LogP contribution in [0.2, 0.25) is 0 Å². The molecule has 5 rings (SSSR count). The molecule has 10 heteroatoms. The van der Waals surface area contributed by atoms with Crippen LogP contribution in [-0.4, -0.2) is 46.7 Å². The van der Waals surface area contributed by atoms with Gasteiger partial charge in [0.25, 0.3) is 5.91 Å². The van der Waals surface area contributed by atoms with Gasteiger partial charge in [-0.15, -0.1) is 0 Å². The number of nitrogens with one attached hydrogen (secondary N) is 1. The number of fused-ring (bicyclic) bond motifs is 2. The number of sulfonamides is 1. The summed E-state index contributed by atoms with van der Waals surface area (Å²) in [6.07, 6.45) is 3.98. The largest absolute Gasteiger partial charge is 0.504 e. The van der Waals surface area contributed by atoms with Crippen LogP contribution in [0.5, 0.6) is 5.75 Å².